The second kappa shape index (κ2) is 9.67. The van der Waals surface area contributed by atoms with Crippen LogP contribution in [0.4, 0.5) is 21.0 Å². The average Bonchev–Trinajstić information content (AvgIpc) is 3.33. The number of carbonyl (C=O) groups is 4. The molecule has 10 nitrogen and oxygen atoms in total. The molecule has 0 aliphatic heterocycles. The number of anilines is 2. The molecule has 1 aromatic carbocycles. The van der Waals surface area contributed by atoms with Gasteiger partial charge in [-0.15, -0.1) is 0 Å². The molecule has 0 radical (unpaired) electrons. The van der Waals surface area contributed by atoms with Gasteiger partial charge in [-0.05, 0) is 50.3 Å². The molecular weight excluding hydrogens is 400 g/mol. The number of rotatable bonds is 6. The summed E-state index contributed by atoms with van der Waals surface area (Å²) in [6.07, 6.45) is 4.43. The van der Waals surface area contributed by atoms with Gasteiger partial charge in [0.2, 0.25) is 11.8 Å². The number of hydrogen-bond donors (Lipinski definition) is 6. The third-order valence-corrected chi connectivity index (χ3v) is 6.14. The highest BCUT2D eigenvalue weighted by Crippen LogP contribution is 2.27. The Hall–Kier alpha value is -3.30. The van der Waals surface area contributed by atoms with E-state index in [9.17, 15) is 19.2 Å². The lowest BCUT2D eigenvalue weighted by Gasteiger charge is -2.20. The maximum absolute atomic E-state index is 12.4. The Kier molecular flexibility index (Phi) is 6.98. The Bertz CT molecular complexity index is 873. The normalized spacial score (nSPS) is 24.9. The van der Waals surface area contributed by atoms with Gasteiger partial charge in [-0.25, -0.2) is 9.59 Å². The van der Waals surface area contributed by atoms with E-state index in [0.717, 1.165) is 18.4 Å². The quantitative estimate of drug-likeness (QED) is 0.403. The highest BCUT2D eigenvalue weighted by Gasteiger charge is 2.33. The van der Waals surface area contributed by atoms with Crippen molar-refractivity contribution in [1.29, 1.82) is 0 Å². The molecule has 0 saturated heterocycles. The van der Waals surface area contributed by atoms with Crippen LogP contribution in [0.25, 0.3) is 0 Å². The van der Waals surface area contributed by atoms with E-state index in [1.54, 1.807) is 18.2 Å². The fraction of sp³-hybridized carbons (Fsp3) is 0.524. The average molecular weight is 431 g/mol. The van der Waals surface area contributed by atoms with Crippen LogP contribution in [0.15, 0.2) is 18.2 Å². The van der Waals surface area contributed by atoms with E-state index in [-0.39, 0.29) is 23.9 Å². The first-order valence-electron chi connectivity index (χ1n) is 10.6. The monoisotopic (exact) mass is 430 g/mol. The first kappa shape index (κ1) is 22.4. The first-order chi connectivity index (χ1) is 14.7. The summed E-state index contributed by atoms with van der Waals surface area (Å²) in [6.45, 7) is 1.83. The van der Waals surface area contributed by atoms with Crippen LogP contribution in [0.1, 0.15) is 44.1 Å². The molecule has 0 heterocycles. The van der Waals surface area contributed by atoms with E-state index in [0.29, 0.717) is 37.1 Å². The molecule has 1 aromatic rings. The number of primary amides is 2. The van der Waals surface area contributed by atoms with Crippen molar-refractivity contribution >= 4 is 35.3 Å². The van der Waals surface area contributed by atoms with Crippen molar-refractivity contribution in [3.8, 4) is 0 Å². The number of urea groups is 2. The van der Waals surface area contributed by atoms with Crippen LogP contribution in [0.2, 0.25) is 0 Å². The Labute approximate surface area is 180 Å². The van der Waals surface area contributed by atoms with E-state index in [2.05, 4.69) is 21.3 Å². The number of nitrogens with one attached hydrogen (secondary N) is 4. The number of hydrogen-bond acceptors (Lipinski definition) is 4. The Balaban J connectivity index is 1.58. The standard InChI is InChI=1S/C21H30N6O4/c1-11-8-9-12(24-20(30)25-15-6-2-4-13(15)18(22)28)10-17(11)27-21(31)26-16-7-3-5-14(16)19(23)29/h8-10,13-16H,2-7H2,1H3,(H2,22,28)(H2,23,29)(H2,24,25,30)(H2,26,27,31)/t13-,14-,15+,16+/m0/s1. The van der Waals surface area contributed by atoms with E-state index in [1.807, 2.05) is 6.92 Å². The van der Waals surface area contributed by atoms with E-state index in [1.165, 1.54) is 0 Å². The number of carbonyl (C=O) groups excluding carboxylic acids is 4. The molecule has 0 unspecified atom stereocenters. The predicted molar refractivity (Wildman–Crippen MR) is 116 cm³/mol. The minimum absolute atomic E-state index is 0.282. The molecule has 0 aromatic heterocycles. The molecule has 2 aliphatic rings. The van der Waals surface area contributed by atoms with Gasteiger partial charge in [0.05, 0.1) is 11.8 Å². The lowest BCUT2D eigenvalue weighted by atomic mass is 10.0. The van der Waals surface area contributed by atoms with Crippen LogP contribution >= 0.6 is 0 Å². The second-order valence-electron chi connectivity index (χ2n) is 8.32. The number of benzene rings is 1. The Morgan fingerprint density at radius 3 is 1.84 bits per heavy atom. The van der Waals surface area contributed by atoms with Gasteiger partial charge in [-0.3, -0.25) is 9.59 Å². The van der Waals surface area contributed by atoms with Gasteiger partial charge in [0.1, 0.15) is 0 Å². The Morgan fingerprint density at radius 2 is 1.32 bits per heavy atom. The topological polar surface area (TPSA) is 168 Å². The summed E-state index contributed by atoms with van der Waals surface area (Å²) in [4.78, 5) is 47.8. The zero-order chi connectivity index (χ0) is 22.5. The maximum Gasteiger partial charge on any atom is 0.319 e. The summed E-state index contributed by atoms with van der Waals surface area (Å²) in [7, 11) is 0. The first-order valence-corrected chi connectivity index (χ1v) is 10.6. The number of nitrogens with two attached hydrogens (primary N) is 2. The summed E-state index contributed by atoms with van der Waals surface area (Å²) in [5.41, 5.74) is 12.6. The van der Waals surface area contributed by atoms with E-state index < -0.39 is 23.9 Å². The second-order valence-corrected chi connectivity index (χ2v) is 8.32. The molecule has 2 aliphatic carbocycles. The SMILES string of the molecule is Cc1ccc(NC(=O)N[C@@H]2CCC[C@@H]2C(N)=O)cc1NC(=O)N[C@@H]1CCC[C@@H]1C(N)=O. The molecule has 10 heteroatoms. The molecule has 2 fully saturated rings. The third-order valence-electron chi connectivity index (χ3n) is 6.14. The van der Waals surface area contributed by atoms with Crippen LogP contribution in [-0.4, -0.2) is 36.0 Å². The van der Waals surface area contributed by atoms with Crippen molar-refractivity contribution < 1.29 is 19.2 Å². The lowest BCUT2D eigenvalue weighted by Crippen LogP contribution is -2.44. The molecule has 2 saturated carbocycles. The predicted octanol–water partition coefficient (Wildman–Crippen LogP) is 1.55. The molecule has 0 bridgehead atoms. The summed E-state index contributed by atoms with van der Waals surface area (Å²) in [6, 6.07) is 3.71. The summed E-state index contributed by atoms with van der Waals surface area (Å²) < 4.78 is 0. The molecule has 6 amide bonds. The largest absolute Gasteiger partial charge is 0.369 e. The van der Waals surface area contributed by atoms with Gasteiger partial charge in [-0.1, -0.05) is 18.9 Å². The van der Waals surface area contributed by atoms with Gasteiger partial charge in [0, 0.05) is 23.5 Å². The molecule has 8 N–H and O–H groups in total. The smallest absolute Gasteiger partial charge is 0.319 e. The van der Waals surface area contributed by atoms with Gasteiger partial charge < -0.3 is 32.7 Å². The van der Waals surface area contributed by atoms with Crippen molar-refractivity contribution in [2.24, 2.45) is 23.3 Å². The molecule has 0 spiro atoms. The molecule has 4 atom stereocenters. The van der Waals surface area contributed by atoms with E-state index >= 15 is 0 Å². The van der Waals surface area contributed by atoms with Crippen LogP contribution in [0.3, 0.4) is 0 Å². The minimum Gasteiger partial charge on any atom is -0.369 e. The molecule has 31 heavy (non-hydrogen) atoms. The number of aryl methyl sites for hydroxylation is 1. The highest BCUT2D eigenvalue weighted by atomic mass is 16.2. The van der Waals surface area contributed by atoms with Gasteiger partial charge in [-0.2, -0.15) is 0 Å². The van der Waals surface area contributed by atoms with Crippen molar-refractivity contribution in [1.82, 2.24) is 10.6 Å². The van der Waals surface area contributed by atoms with Crippen molar-refractivity contribution in [2.75, 3.05) is 10.6 Å². The number of amides is 6. The van der Waals surface area contributed by atoms with Crippen LogP contribution in [0.5, 0.6) is 0 Å². The maximum atomic E-state index is 12.4. The van der Waals surface area contributed by atoms with E-state index in [4.69, 9.17) is 11.5 Å². The van der Waals surface area contributed by atoms with Crippen LogP contribution in [-0.2, 0) is 9.59 Å². The van der Waals surface area contributed by atoms with Gasteiger partial charge >= 0.3 is 12.1 Å². The fourth-order valence-corrected chi connectivity index (χ4v) is 4.44. The summed E-state index contributed by atoms with van der Waals surface area (Å²) in [5, 5.41) is 11.1. The Morgan fingerprint density at radius 1 is 0.806 bits per heavy atom. The summed E-state index contributed by atoms with van der Waals surface area (Å²) >= 11 is 0. The third kappa shape index (κ3) is 5.65. The van der Waals surface area contributed by atoms with Crippen LogP contribution < -0.4 is 32.7 Å². The fourth-order valence-electron chi connectivity index (χ4n) is 4.44. The van der Waals surface area contributed by atoms with Crippen molar-refractivity contribution in [3.05, 3.63) is 23.8 Å². The molecule has 168 valence electrons. The van der Waals surface area contributed by atoms with Gasteiger partial charge in [0.25, 0.3) is 0 Å². The highest BCUT2D eigenvalue weighted by molar-refractivity contribution is 5.94. The summed E-state index contributed by atoms with van der Waals surface area (Å²) in [5.74, 6) is -1.53. The molecule has 3 rings (SSSR count). The zero-order valence-electron chi connectivity index (χ0n) is 17.6. The van der Waals surface area contributed by atoms with Crippen molar-refractivity contribution in [3.63, 3.8) is 0 Å². The lowest BCUT2D eigenvalue weighted by molar-refractivity contribution is -0.122. The van der Waals surface area contributed by atoms with Crippen LogP contribution in [0, 0.1) is 18.8 Å². The zero-order valence-corrected chi connectivity index (χ0v) is 17.6. The minimum atomic E-state index is -0.437. The van der Waals surface area contributed by atoms with Crippen molar-refractivity contribution in [2.45, 2.75) is 57.5 Å². The van der Waals surface area contributed by atoms with Gasteiger partial charge in [0.15, 0.2) is 0 Å². The molecular formula is C21H30N6O4.